The molecule has 0 atom stereocenters. The van der Waals surface area contributed by atoms with Crippen molar-refractivity contribution in [3.05, 3.63) is 45.9 Å². The molecule has 1 aromatic carbocycles. The lowest BCUT2D eigenvalue weighted by Crippen LogP contribution is -2.35. The second-order valence-electron chi connectivity index (χ2n) is 6.76. The van der Waals surface area contributed by atoms with Crippen molar-refractivity contribution in [3.8, 4) is 0 Å². The van der Waals surface area contributed by atoms with Crippen LogP contribution >= 0.6 is 11.3 Å². The van der Waals surface area contributed by atoms with Gasteiger partial charge in [0.25, 0.3) is 5.91 Å². The number of aryl methyl sites for hydroxylation is 1. The Labute approximate surface area is 171 Å². The van der Waals surface area contributed by atoms with Crippen LogP contribution in [-0.4, -0.2) is 34.9 Å². The van der Waals surface area contributed by atoms with Gasteiger partial charge in [0, 0.05) is 24.2 Å². The molecule has 2 N–H and O–H groups in total. The van der Waals surface area contributed by atoms with Gasteiger partial charge in [0.05, 0.1) is 6.54 Å². The van der Waals surface area contributed by atoms with Gasteiger partial charge in [0.2, 0.25) is 0 Å². The first-order valence-electron chi connectivity index (χ1n) is 9.89. The fourth-order valence-electron chi connectivity index (χ4n) is 2.63. The summed E-state index contributed by atoms with van der Waals surface area (Å²) >= 11 is 1.41. The van der Waals surface area contributed by atoms with Crippen LogP contribution in [0.4, 0.5) is 10.5 Å². The van der Waals surface area contributed by atoms with Crippen LogP contribution in [0.5, 0.6) is 0 Å². The van der Waals surface area contributed by atoms with Crippen LogP contribution in [0.15, 0.2) is 29.6 Å². The number of hydrogen-bond donors (Lipinski definition) is 2. The van der Waals surface area contributed by atoms with E-state index in [2.05, 4.69) is 29.5 Å². The number of nitrogens with zero attached hydrogens (tertiary/aromatic N) is 2. The van der Waals surface area contributed by atoms with E-state index in [4.69, 9.17) is 0 Å². The molecule has 0 aliphatic carbocycles. The summed E-state index contributed by atoms with van der Waals surface area (Å²) in [6.07, 6.45) is 3.89. The van der Waals surface area contributed by atoms with Crippen molar-refractivity contribution >= 4 is 29.0 Å². The van der Waals surface area contributed by atoms with E-state index < -0.39 is 0 Å². The van der Waals surface area contributed by atoms with E-state index in [-0.39, 0.29) is 11.9 Å². The number of amides is 3. The predicted octanol–water partition coefficient (Wildman–Crippen LogP) is 4.82. The largest absolute Gasteiger partial charge is 0.351 e. The Bertz CT molecular complexity index is 775. The molecular formula is C21H30N4O2S. The highest BCUT2D eigenvalue weighted by molar-refractivity contribution is 7.09. The molecule has 0 bridgehead atoms. The average Bonchev–Trinajstić information content (AvgIpc) is 3.15. The van der Waals surface area contributed by atoms with Crippen LogP contribution in [0.2, 0.25) is 0 Å². The third kappa shape index (κ3) is 6.64. The molecule has 2 rings (SSSR count). The molecule has 6 nitrogen and oxygen atoms in total. The third-order valence-electron chi connectivity index (χ3n) is 4.38. The second-order valence-corrected chi connectivity index (χ2v) is 7.70. The molecule has 0 saturated carbocycles. The van der Waals surface area contributed by atoms with Gasteiger partial charge in [0.1, 0.15) is 10.7 Å². The van der Waals surface area contributed by atoms with Crippen LogP contribution < -0.4 is 10.6 Å². The normalized spacial score (nSPS) is 10.5. The highest BCUT2D eigenvalue weighted by Gasteiger charge is 2.18. The molecule has 0 saturated heterocycles. The Hall–Kier alpha value is -2.41. The number of urea groups is 1. The summed E-state index contributed by atoms with van der Waals surface area (Å²) in [5.74, 6) is -0.152. The van der Waals surface area contributed by atoms with Crippen LogP contribution in [0, 0.1) is 6.92 Å². The van der Waals surface area contributed by atoms with Crippen LogP contribution in [0.1, 0.15) is 60.6 Å². The maximum absolute atomic E-state index is 12.8. The van der Waals surface area contributed by atoms with Crippen LogP contribution in [-0.2, 0) is 6.54 Å². The Morgan fingerprint density at radius 1 is 1.14 bits per heavy atom. The van der Waals surface area contributed by atoms with Crippen molar-refractivity contribution in [1.82, 2.24) is 15.2 Å². The molecule has 3 amide bonds. The van der Waals surface area contributed by atoms with Gasteiger partial charge in [-0.15, -0.1) is 11.3 Å². The lowest BCUT2D eigenvalue weighted by Gasteiger charge is -2.22. The number of anilines is 1. The number of thiazole rings is 1. The maximum Gasteiger partial charge on any atom is 0.322 e. The van der Waals surface area contributed by atoms with Crippen molar-refractivity contribution in [3.63, 3.8) is 0 Å². The Balaban J connectivity index is 2.02. The van der Waals surface area contributed by atoms with E-state index in [1.807, 2.05) is 31.2 Å². The van der Waals surface area contributed by atoms with E-state index in [1.54, 1.807) is 10.3 Å². The summed E-state index contributed by atoms with van der Waals surface area (Å²) in [5, 5.41) is 8.38. The quantitative estimate of drug-likeness (QED) is 0.560. The molecule has 7 heteroatoms. The highest BCUT2D eigenvalue weighted by atomic mass is 32.1. The van der Waals surface area contributed by atoms with Gasteiger partial charge in [-0.1, -0.05) is 44.9 Å². The van der Waals surface area contributed by atoms with E-state index in [0.29, 0.717) is 25.3 Å². The van der Waals surface area contributed by atoms with Gasteiger partial charge < -0.3 is 15.5 Å². The van der Waals surface area contributed by atoms with E-state index in [9.17, 15) is 9.59 Å². The molecule has 1 heterocycles. The number of hydrogen-bond acceptors (Lipinski definition) is 4. The molecule has 28 heavy (non-hydrogen) atoms. The maximum atomic E-state index is 12.8. The van der Waals surface area contributed by atoms with Crippen molar-refractivity contribution in [2.45, 2.75) is 53.0 Å². The molecule has 0 aliphatic heterocycles. The monoisotopic (exact) mass is 402 g/mol. The first kappa shape index (κ1) is 21.9. The summed E-state index contributed by atoms with van der Waals surface area (Å²) in [6, 6.07) is 7.57. The number of benzene rings is 1. The fraction of sp³-hybridized carbons (Fsp3) is 0.476. The summed E-state index contributed by atoms with van der Waals surface area (Å²) in [4.78, 5) is 31.1. The fourth-order valence-corrected chi connectivity index (χ4v) is 3.42. The Kier molecular flexibility index (Phi) is 8.94. The molecule has 152 valence electrons. The number of aromatic nitrogens is 1. The second kappa shape index (κ2) is 11.4. The lowest BCUT2D eigenvalue weighted by molar-refractivity contribution is 0.0948. The van der Waals surface area contributed by atoms with E-state index in [1.165, 1.54) is 11.3 Å². The zero-order valence-corrected chi connectivity index (χ0v) is 17.8. The van der Waals surface area contributed by atoms with Crippen molar-refractivity contribution in [2.24, 2.45) is 0 Å². The van der Waals surface area contributed by atoms with Crippen LogP contribution in [0.25, 0.3) is 0 Å². The summed E-state index contributed by atoms with van der Waals surface area (Å²) in [6.45, 7) is 7.84. The van der Waals surface area contributed by atoms with E-state index in [0.717, 1.165) is 41.9 Å². The van der Waals surface area contributed by atoms with Gasteiger partial charge in [-0.2, -0.15) is 0 Å². The average molecular weight is 403 g/mol. The van der Waals surface area contributed by atoms with Gasteiger partial charge in [-0.3, -0.25) is 4.79 Å². The summed E-state index contributed by atoms with van der Waals surface area (Å²) < 4.78 is 0. The van der Waals surface area contributed by atoms with Gasteiger partial charge in [-0.25, -0.2) is 9.78 Å². The SMILES string of the molecule is CCCCNC(=O)c1csc(CN(CCCC)C(=O)Nc2ccccc2C)n1. The zero-order valence-electron chi connectivity index (χ0n) is 17.0. The molecule has 0 unspecified atom stereocenters. The Morgan fingerprint density at radius 3 is 2.61 bits per heavy atom. The minimum absolute atomic E-state index is 0.146. The first-order chi connectivity index (χ1) is 13.5. The Morgan fingerprint density at radius 2 is 1.89 bits per heavy atom. The molecular weight excluding hydrogens is 372 g/mol. The minimum Gasteiger partial charge on any atom is -0.351 e. The number of nitrogens with one attached hydrogen (secondary N) is 2. The van der Waals surface area contributed by atoms with E-state index >= 15 is 0 Å². The molecule has 0 radical (unpaired) electrons. The number of para-hydroxylation sites is 1. The zero-order chi connectivity index (χ0) is 20.4. The smallest absolute Gasteiger partial charge is 0.322 e. The topological polar surface area (TPSA) is 74.3 Å². The molecule has 0 fully saturated rings. The minimum atomic E-state index is -0.152. The lowest BCUT2D eigenvalue weighted by atomic mass is 10.2. The van der Waals surface area contributed by atoms with Crippen molar-refractivity contribution < 1.29 is 9.59 Å². The highest BCUT2D eigenvalue weighted by Crippen LogP contribution is 2.17. The van der Waals surface area contributed by atoms with Gasteiger partial charge in [0.15, 0.2) is 0 Å². The van der Waals surface area contributed by atoms with Crippen molar-refractivity contribution in [2.75, 3.05) is 18.4 Å². The summed E-state index contributed by atoms with van der Waals surface area (Å²) in [7, 11) is 0. The van der Waals surface area contributed by atoms with Crippen LogP contribution in [0.3, 0.4) is 0 Å². The standard InChI is InChI=1S/C21H30N4O2S/c1-4-6-12-22-20(26)18-15-28-19(23-18)14-25(13-7-5-2)21(27)24-17-11-9-8-10-16(17)3/h8-11,15H,4-7,12-14H2,1-3H3,(H,22,26)(H,24,27). The number of unbranched alkanes of at least 4 members (excludes halogenated alkanes) is 2. The number of carbonyl (C=O) groups excluding carboxylic acids is 2. The first-order valence-corrected chi connectivity index (χ1v) is 10.8. The van der Waals surface area contributed by atoms with Crippen molar-refractivity contribution in [1.29, 1.82) is 0 Å². The number of rotatable bonds is 10. The molecule has 2 aromatic rings. The predicted molar refractivity (Wildman–Crippen MR) is 115 cm³/mol. The van der Waals surface area contributed by atoms with Gasteiger partial charge in [-0.05, 0) is 31.4 Å². The number of carbonyl (C=O) groups is 2. The molecule has 1 aromatic heterocycles. The third-order valence-corrected chi connectivity index (χ3v) is 5.22. The molecule has 0 aliphatic rings. The molecule has 0 spiro atoms. The van der Waals surface area contributed by atoms with Gasteiger partial charge >= 0.3 is 6.03 Å². The summed E-state index contributed by atoms with van der Waals surface area (Å²) in [5.41, 5.74) is 2.25.